The third-order valence-electron chi connectivity index (χ3n) is 3.05. The molecule has 5 heteroatoms. The molecule has 1 aromatic heterocycles. The maximum Gasteiger partial charge on any atom is 0.264 e. The number of thiophene rings is 1. The van der Waals surface area contributed by atoms with Gasteiger partial charge in [0.2, 0.25) is 0 Å². The Morgan fingerprint density at radius 2 is 2.35 bits per heavy atom. The summed E-state index contributed by atoms with van der Waals surface area (Å²) in [6.07, 6.45) is 2.64. The van der Waals surface area contributed by atoms with Gasteiger partial charge in [0.15, 0.2) is 0 Å². The van der Waals surface area contributed by atoms with Crippen molar-refractivity contribution in [3.8, 4) is 11.8 Å². The lowest BCUT2D eigenvalue weighted by molar-refractivity contribution is 0.0685. The topological polar surface area (TPSA) is 49.8 Å². The van der Waals surface area contributed by atoms with Crippen molar-refractivity contribution in [3.63, 3.8) is 0 Å². The molecule has 0 radical (unpaired) electrons. The molecule has 1 N–H and O–H groups in total. The van der Waals surface area contributed by atoms with E-state index in [0.717, 1.165) is 22.6 Å². The Kier molecular flexibility index (Phi) is 5.60. The number of aliphatic hydroxyl groups is 1. The smallest absolute Gasteiger partial charge is 0.264 e. The molecule has 0 unspecified atom stereocenters. The molecule has 1 saturated carbocycles. The molecule has 0 bridgehead atoms. The van der Waals surface area contributed by atoms with Crippen molar-refractivity contribution >= 4 is 17.2 Å². The molecule has 1 aliphatic rings. The third-order valence-corrected chi connectivity index (χ3v) is 4.04. The van der Waals surface area contributed by atoms with Crippen molar-refractivity contribution in [2.45, 2.75) is 25.3 Å². The number of amides is 1. The maximum atomic E-state index is 12.5. The minimum atomic E-state index is 0.0661. The zero-order valence-electron chi connectivity index (χ0n) is 11.6. The number of nitrogens with zero attached hydrogens (tertiary/aromatic N) is 1. The molecular weight excluding hydrogens is 274 g/mol. The van der Waals surface area contributed by atoms with E-state index in [4.69, 9.17) is 9.84 Å². The van der Waals surface area contributed by atoms with Crippen LogP contribution in [0, 0.1) is 11.8 Å². The van der Waals surface area contributed by atoms with Gasteiger partial charge in [-0.15, -0.1) is 11.3 Å². The highest BCUT2D eigenvalue weighted by Crippen LogP contribution is 2.29. The Morgan fingerprint density at radius 3 is 3.00 bits per heavy atom. The van der Waals surface area contributed by atoms with Crippen molar-refractivity contribution in [3.05, 3.63) is 21.9 Å². The van der Waals surface area contributed by atoms with Gasteiger partial charge >= 0.3 is 0 Å². The van der Waals surface area contributed by atoms with Crippen LogP contribution in [0.3, 0.4) is 0 Å². The molecule has 20 heavy (non-hydrogen) atoms. The van der Waals surface area contributed by atoms with E-state index < -0.39 is 0 Å². The first-order chi connectivity index (χ1) is 9.76. The molecule has 0 atom stereocenters. The second kappa shape index (κ2) is 7.44. The minimum Gasteiger partial charge on any atom is -0.395 e. The van der Waals surface area contributed by atoms with Crippen LogP contribution in [0.5, 0.6) is 0 Å². The first-order valence-corrected chi connectivity index (χ1v) is 7.57. The van der Waals surface area contributed by atoms with Crippen molar-refractivity contribution in [1.82, 2.24) is 4.90 Å². The summed E-state index contributed by atoms with van der Waals surface area (Å²) in [5.41, 5.74) is 0. The first-order valence-electron chi connectivity index (χ1n) is 6.75. The van der Waals surface area contributed by atoms with Crippen molar-refractivity contribution in [2.24, 2.45) is 0 Å². The SMILES string of the molecule is COCCN(C(=O)c1ccc(C#CCCO)s1)C1CC1. The van der Waals surface area contributed by atoms with Crippen LogP contribution >= 0.6 is 11.3 Å². The minimum absolute atomic E-state index is 0.0661. The van der Waals surface area contributed by atoms with Crippen LogP contribution in [0.15, 0.2) is 12.1 Å². The Balaban J connectivity index is 2.02. The van der Waals surface area contributed by atoms with Gasteiger partial charge in [-0.2, -0.15) is 0 Å². The highest BCUT2D eigenvalue weighted by Gasteiger charge is 2.33. The molecule has 1 aromatic rings. The van der Waals surface area contributed by atoms with E-state index in [1.54, 1.807) is 7.11 Å². The summed E-state index contributed by atoms with van der Waals surface area (Å²) >= 11 is 1.41. The van der Waals surface area contributed by atoms with Crippen LogP contribution in [-0.4, -0.2) is 48.8 Å². The Labute approximate surface area is 123 Å². The summed E-state index contributed by atoms with van der Waals surface area (Å²) < 4.78 is 5.07. The van der Waals surface area contributed by atoms with E-state index in [1.165, 1.54) is 11.3 Å². The van der Waals surface area contributed by atoms with E-state index in [9.17, 15) is 4.79 Å². The van der Waals surface area contributed by atoms with Crippen molar-refractivity contribution < 1.29 is 14.6 Å². The van der Waals surface area contributed by atoms with Gasteiger partial charge in [0.25, 0.3) is 5.91 Å². The van der Waals surface area contributed by atoms with Crippen LogP contribution in [0.1, 0.15) is 33.8 Å². The van der Waals surface area contributed by atoms with E-state index in [-0.39, 0.29) is 12.5 Å². The summed E-state index contributed by atoms with van der Waals surface area (Å²) in [7, 11) is 1.65. The highest BCUT2D eigenvalue weighted by molar-refractivity contribution is 7.14. The summed E-state index contributed by atoms with van der Waals surface area (Å²) in [6.45, 7) is 1.27. The van der Waals surface area contributed by atoms with Crippen LogP contribution in [0.25, 0.3) is 0 Å². The molecule has 0 aliphatic heterocycles. The van der Waals surface area contributed by atoms with Gasteiger partial charge in [-0.1, -0.05) is 11.8 Å². The summed E-state index contributed by atoms with van der Waals surface area (Å²) in [5.74, 6) is 5.90. The van der Waals surface area contributed by atoms with Crippen molar-refractivity contribution in [2.75, 3.05) is 26.9 Å². The van der Waals surface area contributed by atoms with Gasteiger partial charge in [0, 0.05) is 26.1 Å². The fourth-order valence-corrected chi connectivity index (χ4v) is 2.73. The number of carbonyl (C=O) groups is 1. The quantitative estimate of drug-likeness (QED) is 0.813. The van der Waals surface area contributed by atoms with Gasteiger partial charge in [-0.05, 0) is 25.0 Å². The first kappa shape index (κ1) is 15.0. The summed E-state index contributed by atoms with van der Waals surface area (Å²) in [4.78, 5) is 16.0. The molecule has 0 aromatic carbocycles. The van der Waals surface area contributed by atoms with Crippen LogP contribution in [-0.2, 0) is 4.74 Å². The zero-order valence-corrected chi connectivity index (χ0v) is 12.4. The van der Waals surface area contributed by atoms with Gasteiger partial charge in [-0.3, -0.25) is 4.79 Å². The summed E-state index contributed by atoms with van der Waals surface area (Å²) in [6, 6.07) is 4.07. The van der Waals surface area contributed by atoms with Gasteiger partial charge in [0.05, 0.1) is 23.0 Å². The summed E-state index contributed by atoms with van der Waals surface area (Å²) in [5, 5.41) is 8.69. The lowest BCUT2D eigenvalue weighted by atomic mass is 10.3. The van der Waals surface area contributed by atoms with Gasteiger partial charge in [0.1, 0.15) is 0 Å². The standard InChI is InChI=1S/C15H19NO3S/c1-19-11-9-16(12-5-6-12)15(18)14-8-7-13(20-14)4-2-3-10-17/h7-8,12,17H,3,5-6,9-11H2,1H3. The third kappa shape index (κ3) is 4.07. The Morgan fingerprint density at radius 1 is 1.55 bits per heavy atom. The number of hydrogen-bond acceptors (Lipinski definition) is 4. The van der Waals surface area contributed by atoms with E-state index in [0.29, 0.717) is 25.6 Å². The molecule has 4 nitrogen and oxygen atoms in total. The monoisotopic (exact) mass is 293 g/mol. The highest BCUT2D eigenvalue weighted by atomic mass is 32.1. The number of aliphatic hydroxyl groups excluding tert-OH is 1. The molecule has 0 saturated heterocycles. The fraction of sp³-hybridized carbons (Fsp3) is 0.533. The van der Waals surface area contributed by atoms with Crippen LogP contribution < -0.4 is 0 Å². The van der Waals surface area contributed by atoms with Crippen LogP contribution in [0.2, 0.25) is 0 Å². The lowest BCUT2D eigenvalue weighted by Gasteiger charge is -2.21. The molecular formula is C15H19NO3S. The van der Waals surface area contributed by atoms with E-state index in [2.05, 4.69) is 11.8 Å². The maximum absolute atomic E-state index is 12.5. The Hall–Kier alpha value is -1.35. The number of ether oxygens (including phenoxy) is 1. The molecule has 2 rings (SSSR count). The number of carbonyl (C=O) groups excluding carboxylic acids is 1. The van der Waals surface area contributed by atoms with Gasteiger partial charge in [-0.25, -0.2) is 0 Å². The molecule has 1 amide bonds. The second-order valence-electron chi connectivity index (χ2n) is 4.66. The van der Waals surface area contributed by atoms with Crippen molar-refractivity contribution in [1.29, 1.82) is 0 Å². The number of rotatable bonds is 6. The molecule has 108 valence electrons. The number of hydrogen-bond donors (Lipinski definition) is 1. The van der Waals surface area contributed by atoms with E-state index in [1.807, 2.05) is 17.0 Å². The predicted molar refractivity (Wildman–Crippen MR) is 78.8 cm³/mol. The molecule has 0 spiro atoms. The number of methoxy groups -OCH3 is 1. The van der Waals surface area contributed by atoms with Gasteiger partial charge < -0.3 is 14.7 Å². The molecule has 1 fully saturated rings. The fourth-order valence-electron chi connectivity index (χ4n) is 1.89. The average molecular weight is 293 g/mol. The predicted octanol–water partition coefficient (Wildman–Crippen LogP) is 1.73. The average Bonchev–Trinajstić information content (AvgIpc) is 3.18. The van der Waals surface area contributed by atoms with E-state index >= 15 is 0 Å². The second-order valence-corrected chi connectivity index (χ2v) is 5.75. The largest absolute Gasteiger partial charge is 0.395 e. The zero-order chi connectivity index (χ0) is 14.4. The Bertz CT molecular complexity index is 511. The molecule has 1 aliphatic carbocycles. The molecule has 1 heterocycles. The lowest BCUT2D eigenvalue weighted by Crippen LogP contribution is -2.35. The normalized spacial score (nSPS) is 13.7. The van der Waals surface area contributed by atoms with Crippen LogP contribution in [0.4, 0.5) is 0 Å².